The first-order chi connectivity index (χ1) is 18.1. The largest absolute Gasteiger partial charge is 0.462 e. The zero-order chi connectivity index (χ0) is 28.8. The minimum atomic E-state index is -0.508. The number of aliphatic hydroxyl groups excluding tert-OH is 1. The van der Waals surface area contributed by atoms with Crippen molar-refractivity contribution in [3.63, 3.8) is 0 Å². The molecule has 1 N–H and O–H groups in total. The van der Waals surface area contributed by atoms with Crippen molar-refractivity contribution in [1.82, 2.24) is 0 Å². The summed E-state index contributed by atoms with van der Waals surface area (Å²) in [5, 5.41) is 10.3. The quantitative estimate of drug-likeness (QED) is 0.310. The highest BCUT2D eigenvalue weighted by Gasteiger charge is 2.70. The van der Waals surface area contributed by atoms with Gasteiger partial charge in [0.05, 0.1) is 6.61 Å². The number of aldehydes is 1. The Morgan fingerprint density at radius 2 is 1.67 bits per heavy atom. The van der Waals surface area contributed by atoms with Crippen molar-refractivity contribution in [2.75, 3.05) is 6.61 Å². The molecule has 5 nitrogen and oxygen atoms in total. The number of aliphatic hydroxyl groups is 1. The first kappa shape index (κ1) is 29.0. The number of hydrogen-bond acceptors (Lipinski definition) is 5. The van der Waals surface area contributed by atoms with Gasteiger partial charge in [-0.2, -0.15) is 0 Å². The van der Waals surface area contributed by atoms with Gasteiger partial charge in [-0.15, -0.1) is 0 Å². The predicted molar refractivity (Wildman–Crippen MR) is 152 cm³/mol. The van der Waals surface area contributed by atoms with Crippen LogP contribution in [0.2, 0.25) is 0 Å². The van der Waals surface area contributed by atoms with Crippen LogP contribution in [0.3, 0.4) is 0 Å². The van der Waals surface area contributed by atoms with Crippen LogP contribution in [0, 0.1) is 56.7 Å². The maximum atomic E-state index is 13.6. The van der Waals surface area contributed by atoms with Crippen LogP contribution < -0.4 is 0 Å². The van der Waals surface area contributed by atoms with Crippen LogP contribution in [-0.4, -0.2) is 35.9 Å². The molecule has 0 aromatic carbocycles. The van der Waals surface area contributed by atoms with E-state index in [0.29, 0.717) is 18.3 Å². The molecule has 5 aliphatic rings. The molecular formula is C34H52O5. The van der Waals surface area contributed by atoms with Gasteiger partial charge < -0.3 is 14.6 Å². The lowest BCUT2D eigenvalue weighted by Crippen LogP contribution is -2.66. The van der Waals surface area contributed by atoms with E-state index < -0.39 is 11.3 Å². The molecule has 0 spiro atoms. The molecule has 0 bridgehead atoms. The lowest BCUT2D eigenvalue weighted by molar-refractivity contribution is -0.233. The fourth-order valence-corrected chi connectivity index (χ4v) is 11.9. The van der Waals surface area contributed by atoms with Crippen molar-refractivity contribution in [3.05, 3.63) is 11.1 Å². The number of carbonyl (C=O) groups is 3. The third kappa shape index (κ3) is 3.69. The highest BCUT2D eigenvalue weighted by Crippen LogP contribution is 2.77. The van der Waals surface area contributed by atoms with Gasteiger partial charge in [0, 0.05) is 30.1 Å². The van der Waals surface area contributed by atoms with Gasteiger partial charge in [0.2, 0.25) is 0 Å². The van der Waals surface area contributed by atoms with Crippen molar-refractivity contribution in [3.8, 4) is 0 Å². The Morgan fingerprint density at radius 1 is 0.974 bits per heavy atom. The fourth-order valence-electron chi connectivity index (χ4n) is 11.9. The van der Waals surface area contributed by atoms with Crippen LogP contribution in [0.5, 0.6) is 0 Å². The average molecular weight is 541 g/mol. The molecule has 9 atom stereocenters. The van der Waals surface area contributed by atoms with E-state index >= 15 is 0 Å². The Kier molecular flexibility index (Phi) is 6.89. The number of allylic oxidation sites excluding steroid dienone is 2. The van der Waals surface area contributed by atoms with Crippen molar-refractivity contribution in [2.24, 2.45) is 56.7 Å². The number of ether oxygens (including phenoxy) is 1. The van der Waals surface area contributed by atoms with Crippen LogP contribution in [0.4, 0.5) is 0 Å². The van der Waals surface area contributed by atoms with Crippen molar-refractivity contribution < 1.29 is 24.2 Å². The van der Waals surface area contributed by atoms with Crippen LogP contribution >= 0.6 is 0 Å². The second kappa shape index (κ2) is 9.26. The Balaban J connectivity index is 1.58. The number of hydrogen-bond donors (Lipinski definition) is 1. The summed E-state index contributed by atoms with van der Waals surface area (Å²) in [7, 11) is 0. The zero-order valence-corrected chi connectivity index (χ0v) is 25.7. The molecule has 5 heteroatoms. The van der Waals surface area contributed by atoms with Gasteiger partial charge in [0.25, 0.3) is 0 Å². The summed E-state index contributed by atoms with van der Waals surface area (Å²) in [5.41, 5.74) is 1.98. The molecule has 0 aromatic heterocycles. The first-order valence-corrected chi connectivity index (χ1v) is 15.6. The highest BCUT2D eigenvalue weighted by molar-refractivity contribution is 6.01. The summed E-state index contributed by atoms with van der Waals surface area (Å²) in [6.07, 6.45) is 9.55. The van der Waals surface area contributed by atoms with Gasteiger partial charge >= 0.3 is 5.97 Å². The number of ketones is 1. The number of rotatable bonds is 5. The van der Waals surface area contributed by atoms with Crippen LogP contribution in [0.15, 0.2) is 11.1 Å². The highest BCUT2D eigenvalue weighted by atomic mass is 16.5. The first-order valence-electron chi connectivity index (χ1n) is 15.6. The van der Waals surface area contributed by atoms with Gasteiger partial charge in [0.1, 0.15) is 12.4 Å². The van der Waals surface area contributed by atoms with Crippen molar-refractivity contribution >= 4 is 18.0 Å². The molecule has 0 heterocycles. The predicted octanol–water partition coefficient (Wildman–Crippen LogP) is 6.71. The molecule has 5 rings (SSSR count). The normalized spacial score (nSPS) is 45.6. The summed E-state index contributed by atoms with van der Waals surface area (Å²) < 4.78 is 5.89. The molecular weight excluding hydrogens is 488 g/mol. The maximum Gasteiger partial charge on any atom is 0.302 e. The van der Waals surface area contributed by atoms with E-state index in [1.54, 1.807) is 0 Å². The monoisotopic (exact) mass is 540 g/mol. The molecule has 1 unspecified atom stereocenters. The van der Waals surface area contributed by atoms with Gasteiger partial charge in [-0.05, 0) is 96.9 Å². The molecule has 5 aliphatic carbocycles. The van der Waals surface area contributed by atoms with Gasteiger partial charge in [-0.3, -0.25) is 9.59 Å². The minimum Gasteiger partial charge on any atom is -0.462 e. The van der Waals surface area contributed by atoms with E-state index in [4.69, 9.17) is 4.74 Å². The molecule has 218 valence electrons. The van der Waals surface area contributed by atoms with Crippen LogP contribution in [0.1, 0.15) is 113 Å². The molecule has 0 aliphatic heterocycles. The second-order valence-electron chi connectivity index (χ2n) is 15.7. The third-order valence-electron chi connectivity index (χ3n) is 13.8. The van der Waals surface area contributed by atoms with E-state index in [9.17, 15) is 19.5 Å². The Labute approximate surface area is 235 Å². The number of Topliss-reactive ketones (excluding diaryl/α,β-unsaturated/α-hetero) is 1. The number of carbonyl (C=O) groups excluding carboxylic acids is 3. The smallest absolute Gasteiger partial charge is 0.302 e. The van der Waals surface area contributed by atoms with Gasteiger partial charge in [-0.1, -0.05) is 54.0 Å². The lowest BCUT2D eigenvalue weighted by atomic mass is 9.32. The summed E-state index contributed by atoms with van der Waals surface area (Å²) in [4.78, 5) is 37.8. The van der Waals surface area contributed by atoms with E-state index in [-0.39, 0.29) is 58.0 Å². The van der Waals surface area contributed by atoms with Gasteiger partial charge in [0.15, 0.2) is 5.78 Å². The third-order valence-corrected chi connectivity index (χ3v) is 13.8. The van der Waals surface area contributed by atoms with Crippen LogP contribution in [-0.2, 0) is 19.1 Å². The molecule has 0 amide bonds. The number of esters is 1. The minimum absolute atomic E-state index is 0.0262. The molecule has 4 saturated carbocycles. The summed E-state index contributed by atoms with van der Waals surface area (Å²) in [6.45, 7) is 17.8. The molecule has 0 aromatic rings. The standard InChI is InChI=1S/C34H52O5/c1-20(2)28-24(38)17-34(22(18-35)19-36)16-15-32(7)23(29(28)34)9-10-26-31(6)13-12-27(39-21(3)37)30(4,5)25(31)11-14-33(26,32)8/h18,20,22-23,25-27,36H,9-17,19H2,1-8H3/t22?,23-,25+,26-,27+,31+,32-,33-,34+/m1/s1. The fraction of sp³-hybridized carbons (Fsp3) is 0.853. The average Bonchev–Trinajstić information content (AvgIpc) is 3.15. The summed E-state index contributed by atoms with van der Waals surface area (Å²) in [5.74, 6) is 0.986. The van der Waals surface area contributed by atoms with Gasteiger partial charge in [-0.25, -0.2) is 0 Å². The van der Waals surface area contributed by atoms with Crippen molar-refractivity contribution in [1.29, 1.82) is 0 Å². The Hall–Kier alpha value is -1.49. The molecule has 4 fully saturated rings. The summed E-state index contributed by atoms with van der Waals surface area (Å²) >= 11 is 0. The SMILES string of the molecule is CC(=O)O[C@H]1CC[C@]2(C)[C@H]3CC[C@@H]4C5=C(C(C)C)C(=O)C[C@]5(C(C=O)CO)CC[C@@]4(C)[C@]3(C)CC[C@H]2C1(C)C. The number of fused-ring (bicyclic) bond motifs is 7. The van der Waals surface area contributed by atoms with E-state index in [1.807, 2.05) is 0 Å². The molecule has 0 saturated heterocycles. The second-order valence-corrected chi connectivity index (χ2v) is 15.7. The van der Waals surface area contributed by atoms with Crippen LogP contribution in [0.25, 0.3) is 0 Å². The van der Waals surface area contributed by atoms with E-state index in [1.165, 1.54) is 12.5 Å². The topological polar surface area (TPSA) is 80.7 Å². The van der Waals surface area contributed by atoms with E-state index in [0.717, 1.165) is 63.2 Å². The Morgan fingerprint density at radius 3 is 2.26 bits per heavy atom. The van der Waals surface area contributed by atoms with E-state index in [2.05, 4.69) is 48.5 Å². The molecule has 0 radical (unpaired) electrons. The zero-order valence-electron chi connectivity index (χ0n) is 25.7. The van der Waals surface area contributed by atoms with Crippen molar-refractivity contribution in [2.45, 2.75) is 119 Å². The lowest BCUT2D eigenvalue weighted by Gasteiger charge is -2.72. The molecule has 39 heavy (non-hydrogen) atoms. The maximum absolute atomic E-state index is 13.6. The Bertz CT molecular complexity index is 1090. The summed E-state index contributed by atoms with van der Waals surface area (Å²) in [6, 6.07) is 0.